The lowest BCUT2D eigenvalue weighted by atomic mass is 10.0. The minimum Gasteiger partial charge on any atom is -0.358 e. The number of nitrogens with one attached hydrogen (secondary N) is 1. The second-order valence-corrected chi connectivity index (χ2v) is 6.75. The maximum absolute atomic E-state index is 12.9. The largest absolute Gasteiger partial charge is 0.358 e. The number of hydrogen-bond acceptors (Lipinski definition) is 3. The number of benzene rings is 1. The van der Waals surface area contributed by atoms with Gasteiger partial charge in [-0.15, -0.1) is 0 Å². The molecule has 0 aromatic heterocycles. The standard InChI is InChI=1S/C19H27N3O2/c1-20-18(23)17(14-15-8-3-2-4-9-15)22-13-7-10-16(22)19(24)21-11-5-6-12-21/h2-4,8-9,16-17H,5-7,10-14H2,1H3,(H,20,23)/t16-,17+/m0/s1. The van der Waals surface area contributed by atoms with Gasteiger partial charge in [-0.05, 0) is 44.2 Å². The first-order valence-corrected chi connectivity index (χ1v) is 9.01. The molecule has 1 aromatic rings. The van der Waals surface area contributed by atoms with Crippen molar-refractivity contribution in [2.75, 3.05) is 26.7 Å². The fourth-order valence-corrected chi connectivity index (χ4v) is 3.94. The van der Waals surface area contributed by atoms with E-state index in [2.05, 4.69) is 10.2 Å². The zero-order chi connectivity index (χ0) is 16.9. The molecule has 2 saturated heterocycles. The minimum atomic E-state index is -0.281. The number of likely N-dealkylation sites (tertiary alicyclic amines) is 2. The molecule has 1 aromatic carbocycles. The van der Waals surface area contributed by atoms with E-state index < -0.39 is 0 Å². The van der Waals surface area contributed by atoms with Gasteiger partial charge in [-0.25, -0.2) is 0 Å². The number of carbonyl (C=O) groups excluding carboxylic acids is 2. The van der Waals surface area contributed by atoms with Gasteiger partial charge in [0, 0.05) is 20.1 Å². The molecule has 3 rings (SSSR count). The van der Waals surface area contributed by atoms with Crippen LogP contribution in [0.2, 0.25) is 0 Å². The summed E-state index contributed by atoms with van der Waals surface area (Å²) < 4.78 is 0. The fourth-order valence-electron chi connectivity index (χ4n) is 3.94. The molecule has 2 amide bonds. The highest BCUT2D eigenvalue weighted by Gasteiger charge is 2.40. The smallest absolute Gasteiger partial charge is 0.239 e. The van der Waals surface area contributed by atoms with Crippen LogP contribution in [0.15, 0.2) is 30.3 Å². The Morgan fingerprint density at radius 2 is 1.83 bits per heavy atom. The van der Waals surface area contributed by atoms with Gasteiger partial charge in [0.25, 0.3) is 0 Å². The molecule has 2 atom stereocenters. The molecule has 2 aliphatic heterocycles. The molecule has 130 valence electrons. The number of rotatable bonds is 5. The van der Waals surface area contributed by atoms with Crippen molar-refractivity contribution in [3.8, 4) is 0 Å². The Balaban J connectivity index is 1.77. The summed E-state index contributed by atoms with van der Waals surface area (Å²) in [6.07, 6.45) is 4.68. The van der Waals surface area contributed by atoms with Gasteiger partial charge in [-0.3, -0.25) is 14.5 Å². The van der Waals surface area contributed by atoms with Crippen molar-refractivity contribution in [2.24, 2.45) is 0 Å². The van der Waals surface area contributed by atoms with Crippen LogP contribution in [0.5, 0.6) is 0 Å². The molecule has 2 fully saturated rings. The van der Waals surface area contributed by atoms with Crippen molar-refractivity contribution >= 4 is 11.8 Å². The van der Waals surface area contributed by atoms with Crippen LogP contribution in [0.3, 0.4) is 0 Å². The molecule has 0 unspecified atom stereocenters. The van der Waals surface area contributed by atoms with E-state index in [9.17, 15) is 9.59 Å². The van der Waals surface area contributed by atoms with E-state index in [0.29, 0.717) is 6.42 Å². The first kappa shape index (κ1) is 17.0. The van der Waals surface area contributed by atoms with Crippen molar-refractivity contribution in [3.63, 3.8) is 0 Å². The molecular weight excluding hydrogens is 302 g/mol. The van der Waals surface area contributed by atoms with E-state index in [0.717, 1.165) is 50.9 Å². The van der Waals surface area contributed by atoms with Gasteiger partial charge in [0.15, 0.2) is 0 Å². The molecule has 2 heterocycles. The lowest BCUT2D eigenvalue weighted by Gasteiger charge is -2.33. The predicted octanol–water partition coefficient (Wildman–Crippen LogP) is 1.43. The molecule has 1 N–H and O–H groups in total. The van der Waals surface area contributed by atoms with Crippen molar-refractivity contribution in [3.05, 3.63) is 35.9 Å². The predicted molar refractivity (Wildman–Crippen MR) is 93.5 cm³/mol. The summed E-state index contributed by atoms with van der Waals surface area (Å²) in [5.74, 6) is 0.215. The maximum Gasteiger partial charge on any atom is 0.239 e. The summed E-state index contributed by atoms with van der Waals surface area (Å²) in [4.78, 5) is 29.5. The molecule has 0 bridgehead atoms. The summed E-state index contributed by atoms with van der Waals surface area (Å²) in [6.45, 7) is 2.55. The normalized spacial score (nSPS) is 22.5. The molecule has 0 spiro atoms. The van der Waals surface area contributed by atoms with Crippen LogP contribution in [0.1, 0.15) is 31.2 Å². The average molecular weight is 329 g/mol. The number of carbonyl (C=O) groups is 2. The van der Waals surface area contributed by atoms with Crippen LogP contribution in [0.4, 0.5) is 0 Å². The zero-order valence-corrected chi connectivity index (χ0v) is 14.4. The summed E-state index contributed by atoms with van der Waals surface area (Å²) >= 11 is 0. The fraction of sp³-hybridized carbons (Fsp3) is 0.579. The van der Waals surface area contributed by atoms with E-state index in [1.807, 2.05) is 35.2 Å². The lowest BCUT2D eigenvalue weighted by molar-refractivity contribution is -0.137. The first-order valence-electron chi connectivity index (χ1n) is 9.01. The number of hydrogen-bond donors (Lipinski definition) is 1. The highest BCUT2D eigenvalue weighted by Crippen LogP contribution is 2.25. The van der Waals surface area contributed by atoms with Gasteiger partial charge >= 0.3 is 0 Å². The Bertz CT molecular complexity index is 569. The van der Waals surface area contributed by atoms with Gasteiger partial charge in [-0.2, -0.15) is 0 Å². The second kappa shape index (κ2) is 7.79. The Kier molecular flexibility index (Phi) is 5.51. The van der Waals surface area contributed by atoms with E-state index in [-0.39, 0.29) is 23.9 Å². The van der Waals surface area contributed by atoms with Gasteiger partial charge in [-0.1, -0.05) is 30.3 Å². The average Bonchev–Trinajstić information content (AvgIpc) is 3.31. The van der Waals surface area contributed by atoms with E-state index in [1.165, 1.54) is 0 Å². The Morgan fingerprint density at radius 3 is 2.50 bits per heavy atom. The SMILES string of the molecule is CNC(=O)[C@@H](Cc1ccccc1)N1CCC[C@H]1C(=O)N1CCCC1. The summed E-state index contributed by atoms with van der Waals surface area (Å²) in [6, 6.07) is 9.63. The number of amides is 2. The first-order chi connectivity index (χ1) is 11.7. The Morgan fingerprint density at radius 1 is 1.12 bits per heavy atom. The monoisotopic (exact) mass is 329 g/mol. The molecule has 2 aliphatic rings. The van der Waals surface area contributed by atoms with Crippen LogP contribution in [-0.4, -0.2) is 60.4 Å². The van der Waals surface area contributed by atoms with Gasteiger partial charge in [0.1, 0.15) is 0 Å². The van der Waals surface area contributed by atoms with E-state index >= 15 is 0 Å². The lowest BCUT2D eigenvalue weighted by Crippen LogP contribution is -2.54. The highest BCUT2D eigenvalue weighted by atomic mass is 16.2. The topological polar surface area (TPSA) is 52.7 Å². The van der Waals surface area contributed by atoms with Crippen LogP contribution < -0.4 is 5.32 Å². The van der Waals surface area contributed by atoms with Crippen LogP contribution in [-0.2, 0) is 16.0 Å². The summed E-state index contributed by atoms with van der Waals surface area (Å²) in [5.41, 5.74) is 1.13. The van der Waals surface area contributed by atoms with E-state index in [1.54, 1.807) is 7.05 Å². The van der Waals surface area contributed by atoms with Crippen LogP contribution in [0, 0.1) is 0 Å². The molecule has 0 aliphatic carbocycles. The quantitative estimate of drug-likeness (QED) is 0.889. The molecule has 5 nitrogen and oxygen atoms in total. The second-order valence-electron chi connectivity index (χ2n) is 6.75. The van der Waals surface area contributed by atoms with Gasteiger partial charge in [0.2, 0.25) is 11.8 Å². The Hall–Kier alpha value is -1.88. The van der Waals surface area contributed by atoms with Crippen LogP contribution >= 0.6 is 0 Å². The van der Waals surface area contributed by atoms with Crippen molar-refractivity contribution in [1.29, 1.82) is 0 Å². The van der Waals surface area contributed by atoms with Gasteiger partial charge < -0.3 is 10.2 Å². The third kappa shape index (κ3) is 3.61. The number of nitrogens with zero attached hydrogens (tertiary/aromatic N) is 2. The third-order valence-electron chi connectivity index (χ3n) is 5.22. The minimum absolute atomic E-state index is 0.0000231. The highest BCUT2D eigenvalue weighted by molar-refractivity contribution is 5.86. The van der Waals surface area contributed by atoms with Crippen molar-refractivity contribution in [2.45, 2.75) is 44.2 Å². The molecule has 0 saturated carbocycles. The zero-order valence-electron chi connectivity index (χ0n) is 14.4. The van der Waals surface area contributed by atoms with Gasteiger partial charge in [0.05, 0.1) is 12.1 Å². The van der Waals surface area contributed by atoms with Crippen LogP contribution in [0.25, 0.3) is 0 Å². The van der Waals surface area contributed by atoms with Crippen molar-refractivity contribution < 1.29 is 9.59 Å². The molecule has 24 heavy (non-hydrogen) atoms. The molecule has 5 heteroatoms. The molecule has 0 radical (unpaired) electrons. The summed E-state index contributed by atoms with van der Waals surface area (Å²) in [7, 11) is 1.67. The molecular formula is C19H27N3O2. The Labute approximate surface area is 144 Å². The third-order valence-corrected chi connectivity index (χ3v) is 5.22. The van der Waals surface area contributed by atoms with Crippen molar-refractivity contribution in [1.82, 2.24) is 15.1 Å². The van der Waals surface area contributed by atoms with E-state index in [4.69, 9.17) is 0 Å². The summed E-state index contributed by atoms with van der Waals surface area (Å²) in [5, 5.41) is 2.79. The maximum atomic E-state index is 12.9. The number of likely N-dealkylation sites (N-methyl/N-ethyl adjacent to an activating group) is 1.